The monoisotopic (exact) mass is 471 g/mol. The molecule has 0 spiro atoms. The van der Waals surface area contributed by atoms with E-state index in [9.17, 15) is 0 Å². The predicted octanol–water partition coefficient (Wildman–Crippen LogP) is 3.14. The lowest BCUT2D eigenvalue weighted by atomic mass is 10.2. The zero-order valence-electron chi connectivity index (χ0n) is 12.8. The maximum absolute atomic E-state index is 5.81. The number of hydrogen-bond donors (Lipinski definition) is 2. The van der Waals surface area contributed by atoms with Crippen LogP contribution in [0.25, 0.3) is 0 Å². The van der Waals surface area contributed by atoms with E-state index < -0.39 is 0 Å². The fraction of sp³-hybridized carbons (Fsp3) is 0.500. The van der Waals surface area contributed by atoms with Gasteiger partial charge in [0.05, 0.1) is 25.2 Å². The van der Waals surface area contributed by atoms with Gasteiger partial charge in [-0.3, -0.25) is 0 Å². The highest BCUT2D eigenvalue weighted by molar-refractivity contribution is 14.0. The van der Waals surface area contributed by atoms with Gasteiger partial charge >= 0.3 is 0 Å². The molecule has 0 fully saturated rings. The van der Waals surface area contributed by atoms with Gasteiger partial charge in [-0.05, 0) is 39.5 Å². The van der Waals surface area contributed by atoms with Crippen LogP contribution < -0.4 is 20.5 Å². The van der Waals surface area contributed by atoms with E-state index in [-0.39, 0.29) is 24.0 Å². The Hall–Kier alpha value is -0.700. The third kappa shape index (κ3) is 6.73. The molecule has 0 aromatic heterocycles. The van der Waals surface area contributed by atoms with Crippen LogP contribution in [0.2, 0.25) is 0 Å². The molecule has 0 saturated carbocycles. The summed E-state index contributed by atoms with van der Waals surface area (Å²) in [6.45, 7) is 5.53. The second-order valence-electron chi connectivity index (χ2n) is 4.79. The summed E-state index contributed by atoms with van der Waals surface area (Å²) in [5, 5.41) is 3.08. The van der Waals surface area contributed by atoms with Crippen molar-refractivity contribution in [1.29, 1.82) is 0 Å². The molecule has 1 aromatic rings. The van der Waals surface area contributed by atoms with E-state index in [1.165, 1.54) is 0 Å². The number of ether oxygens (including phenoxy) is 2. The topological polar surface area (TPSA) is 68.9 Å². The van der Waals surface area contributed by atoms with E-state index in [4.69, 9.17) is 15.2 Å². The van der Waals surface area contributed by atoms with Crippen molar-refractivity contribution in [2.24, 2.45) is 16.6 Å². The number of aliphatic imine (C=N–C) groups is 1. The van der Waals surface area contributed by atoms with Gasteiger partial charge in [0.15, 0.2) is 17.5 Å². The largest absolute Gasteiger partial charge is 0.493 e. The Kier molecular flexibility index (Phi) is 9.76. The van der Waals surface area contributed by atoms with Crippen LogP contribution in [0.15, 0.2) is 21.6 Å². The van der Waals surface area contributed by atoms with Crippen molar-refractivity contribution in [2.45, 2.75) is 20.4 Å². The molecule has 5 nitrogen and oxygen atoms in total. The lowest BCUT2D eigenvalue weighted by molar-refractivity contribution is 0.352. The van der Waals surface area contributed by atoms with Gasteiger partial charge in [-0.2, -0.15) is 0 Å². The van der Waals surface area contributed by atoms with Crippen LogP contribution in [-0.2, 0) is 6.54 Å². The van der Waals surface area contributed by atoms with Crippen LogP contribution >= 0.6 is 39.9 Å². The molecular weight excluding hydrogens is 449 g/mol. The van der Waals surface area contributed by atoms with Crippen molar-refractivity contribution >= 4 is 45.9 Å². The number of hydrogen-bond acceptors (Lipinski definition) is 3. The lowest BCUT2D eigenvalue weighted by Crippen LogP contribution is -2.34. The van der Waals surface area contributed by atoms with Gasteiger partial charge in [0.25, 0.3) is 0 Å². The van der Waals surface area contributed by atoms with Crippen molar-refractivity contribution < 1.29 is 9.47 Å². The zero-order chi connectivity index (χ0) is 15.1. The van der Waals surface area contributed by atoms with Gasteiger partial charge in [-0.15, -0.1) is 24.0 Å². The Bertz CT molecular complexity index is 482. The molecule has 0 radical (unpaired) electrons. The Labute approximate surface area is 151 Å². The molecule has 0 unspecified atom stereocenters. The molecule has 0 saturated heterocycles. The van der Waals surface area contributed by atoms with Crippen LogP contribution in [0.1, 0.15) is 19.4 Å². The standard InChI is InChI=1S/C14H22BrN3O2.HI/c1-9(2)7-17-14(16)18-8-10-5-11(15)13(20-4)12(6-10)19-3;/h5-6,9H,7-8H2,1-4H3,(H3,16,17,18);1H. The number of benzene rings is 1. The van der Waals surface area contributed by atoms with Gasteiger partial charge < -0.3 is 20.5 Å². The van der Waals surface area contributed by atoms with E-state index >= 15 is 0 Å². The van der Waals surface area contributed by atoms with Crippen LogP contribution in [0.3, 0.4) is 0 Å². The molecule has 21 heavy (non-hydrogen) atoms. The Morgan fingerprint density at radius 1 is 1.33 bits per heavy atom. The first kappa shape index (κ1) is 20.3. The minimum Gasteiger partial charge on any atom is -0.493 e. The third-order valence-electron chi connectivity index (χ3n) is 2.62. The highest BCUT2D eigenvalue weighted by Gasteiger charge is 2.10. The first-order valence-corrected chi connectivity index (χ1v) is 7.21. The van der Waals surface area contributed by atoms with E-state index in [1.807, 2.05) is 12.1 Å². The molecular formula is C14H23BrIN3O2. The number of guanidine groups is 1. The maximum Gasteiger partial charge on any atom is 0.188 e. The Morgan fingerprint density at radius 2 is 2.00 bits per heavy atom. The van der Waals surface area contributed by atoms with E-state index in [1.54, 1.807) is 14.2 Å². The summed E-state index contributed by atoms with van der Waals surface area (Å²) >= 11 is 3.46. The SMILES string of the molecule is COc1cc(CN=C(N)NCC(C)C)cc(Br)c1OC.I. The quantitative estimate of drug-likeness (QED) is 0.380. The van der Waals surface area contributed by atoms with Crippen LogP contribution in [0, 0.1) is 5.92 Å². The fourth-order valence-electron chi connectivity index (χ4n) is 1.60. The minimum atomic E-state index is 0. The van der Waals surface area contributed by atoms with Crippen LogP contribution in [0.4, 0.5) is 0 Å². The zero-order valence-corrected chi connectivity index (χ0v) is 16.7. The summed E-state index contributed by atoms with van der Waals surface area (Å²) in [5.74, 6) is 2.32. The normalized spacial score (nSPS) is 11.0. The van der Waals surface area contributed by atoms with Gasteiger partial charge in [-0.1, -0.05) is 13.8 Å². The van der Waals surface area contributed by atoms with Crippen LogP contribution in [0.5, 0.6) is 11.5 Å². The molecule has 0 aliphatic carbocycles. The van der Waals surface area contributed by atoms with Crippen molar-refractivity contribution in [2.75, 3.05) is 20.8 Å². The summed E-state index contributed by atoms with van der Waals surface area (Å²) in [4.78, 5) is 4.30. The first-order chi connectivity index (χ1) is 9.47. The molecule has 0 bridgehead atoms. The number of rotatable bonds is 6. The average molecular weight is 472 g/mol. The summed E-state index contributed by atoms with van der Waals surface area (Å²) < 4.78 is 11.4. The second-order valence-corrected chi connectivity index (χ2v) is 5.64. The van der Waals surface area contributed by atoms with E-state index in [0.717, 1.165) is 16.6 Å². The number of nitrogens with one attached hydrogen (secondary N) is 1. The van der Waals surface area contributed by atoms with Crippen molar-refractivity contribution in [3.05, 3.63) is 22.2 Å². The third-order valence-corrected chi connectivity index (χ3v) is 3.21. The molecule has 7 heteroatoms. The molecule has 0 aliphatic heterocycles. The van der Waals surface area contributed by atoms with E-state index in [0.29, 0.717) is 29.9 Å². The Balaban J connectivity index is 0.00000400. The van der Waals surface area contributed by atoms with Gasteiger partial charge in [0, 0.05) is 6.54 Å². The Morgan fingerprint density at radius 3 is 2.52 bits per heavy atom. The number of halogens is 2. The fourth-order valence-corrected chi connectivity index (χ4v) is 2.25. The molecule has 0 aliphatic rings. The molecule has 0 heterocycles. The first-order valence-electron chi connectivity index (χ1n) is 6.42. The highest BCUT2D eigenvalue weighted by Crippen LogP contribution is 2.36. The molecule has 0 atom stereocenters. The van der Waals surface area contributed by atoms with Gasteiger partial charge in [0.2, 0.25) is 0 Å². The van der Waals surface area contributed by atoms with Crippen LogP contribution in [-0.4, -0.2) is 26.7 Å². The van der Waals surface area contributed by atoms with Crippen molar-refractivity contribution in [3.8, 4) is 11.5 Å². The highest BCUT2D eigenvalue weighted by atomic mass is 127. The molecule has 120 valence electrons. The molecule has 1 rings (SSSR count). The summed E-state index contributed by atoms with van der Waals surface area (Å²) in [7, 11) is 3.21. The summed E-state index contributed by atoms with van der Waals surface area (Å²) in [6.07, 6.45) is 0. The summed E-state index contributed by atoms with van der Waals surface area (Å²) in [5.41, 5.74) is 6.80. The number of nitrogens with zero attached hydrogens (tertiary/aromatic N) is 1. The van der Waals surface area contributed by atoms with Crippen molar-refractivity contribution in [3.63, 3.8) is 0 Å². The minimum absolute atomic E-state index is 0. The van der Waals surface area contributed by atoms with E-state index in [2.05, 4.69) is 40.1 Å². The van der Waals surface area contributed by atoms with Crippen molar-refractivity contribution in [1.82, 2.24) is 5.32 Å². The predicted molar refractivity (Wildman–Crippen MR) is 101 cm³/mol. The molecule has 1 aromatic carbocycles. The number of methoxy groups -OCH3 is 2. The maximum atomic E-state index is 5.81. The molecule has 0 amide bonds. The smallest absolute Gasteiger partial charge is 0.188 e. The summed E-state index contributed by atoms with van der Waals surface area (Å²) in [6, 6.07) is 3.84. The van der Waals surface area contributed by atoms with Gasteiger partial charge in [0.1, 0.15) is 0 Å². The second kappa shape index (κ2) is 10.1. The lowest BCUT2D eigenvalue weighted by Gasteiger charge is -2.11. The van der Waals surface area contributed by atoms with Gasteiger partial charge in [-0.25, -0.2) is 4.99 Å². The number of nitrogens with two attached hydrogens (primary N) is 1. The molecule has 3 N–H and O–H groups in total. The average Bonchev–Trinajstić information content (AvgIpc) is 2.42.